The minimum Gasteiger partial charge on any atom is -0.496 e. The van der Waals surface area contributed by atoms with Crippen molar-refractivity contribution in [3.8, 4) is 34.1 Å². The van der Waals surface area contributed by atoms with Gasteiger partial charge in [0, 0.05) is 91.0 Å². The van der Waals surface area contributed by atoms with Crippen molar-refractivity contribution in [2.24, 2.45) is 0 Å². The lowest BCUT2D eigenvalue weighted by Crippen LogP contribution is -2.54. The molecular formula is C45H49F2N9O4S. The molecule has 0 aliphatic carbocycles. The number of carbonyl (C=O) groups excluding carboxylic acids is 1. The van der Waals surface area contributed by atoms with E-state index < -0.39 is 32.9 Å². The molecule has 0 radical (unpaired) electrons. The largest absolute Gasteiger partial charge is 0.496 e. The van der Waals surface area contributed by atoms with Crippen molar-refractivity contribution in [2.75, 3.05) is 75.3 Å². The minimum atomic E-state index is -2.17. The Bertz CT molecular complexity index is 2670. The van der Waals surface area contributed by atoms with Crippen LogP contribution in [0, 0.1) is 11.6 Å². The molecule has 0 bridgehead atoms. The third-order valence-corrected chi connectivity index (χ3v) is 13.0. The van der Waals surface area contributed by atoms with Crippen molar-refractivity contribution in [3.05, 3.63) is 108 Å². The summed E-state index contributed by atoms with van der Waals surface area (Å²) in [5.74, 6) is 2.52. The number of pyridine rings is 1. The Kier molecular flexibility index (Phi) is 11.9. The van der Waals surface area contributed by atoms with Gasteiger partial charge in [-0.2, -0.15) is 0 Å². The molecule has 3 aromatic heterocycles. The first-order chi connectivity index (χ1) is 29.4. The zero-order valence-corrected chi connectivity index (χ0v) is 35.5. The molecule has 2 aliphatic rings. The van der Waals surface area contributed by atoms with E-state index in [9.17, 15) is 17.8 Å². The van der Waals surface area contributed by atoms with Crippen LogP contribution in [-0.2, 0) is 16.1 Å². The molecule has 1 amide bonds. The van der Waals surface area contributed by atoms with E-state index in [2.05, 4.69) is 50.3 Å². The van der Waals surface area contributed by atoms with Crippen LogP contribution < -0.4 is 25.0 Å². The number of para-hydroxylation sites is 1. The van der Waals surface area contributed by atoms with E-state index in [1.54, 1.807) is 43.8 Å². The van der Waals surface area contributed by atoms with Gasteiger partial charge in [-0.25, -0.2) is 28.0 Å². The molecular weight excluding hydrogens is 801 g/mol. The molecule has 1 unspecified atom stereocenters. The van der Waals surface area contributed by atoms with Crippen LogP contribution in [0.5, 0.6) is 11.5 Å². The van der Waals surface area contributed by atoms with Crippen LogP contribution in [0.4, 0.5) is 31.8 Å². The zero-order valence-electron chi connectivity index (χ0n) is 34.7. The van der Waals surface area contributed by atoms with Crippen LogP contribution in [0.25, 0.3) is 28.3 Å². The number of nitrogens with one attached hydrogen (secondary N) is 2. The standard InChI is InChI=1S/C45H49F2N9O4S/c1-6-29-27-36(39(60-3)28-37(29)54-20-16-31(17-21-54)53-22-24-55(25-23-53)61(4,5)58)50-45-48-18-15-35(49-45)43-41(51-40-12-7-8-19-56(40)43)30-13-14-38(59-2)32(26-30)44(57)52-42-33(46)10-9-11-34(42)47/h7-15,18-19,26-28,31H,4,6,16-17,20-25H2,1-3,5H3,(H,52,57)(H,48,49,50). The number of methoxy groups -OCH3 is 2. The third kappa shape index (κ3) is 8.60. The van der Waals surface area contributed by atoms with Gasteiger partial charge in [0.15, 0.2) is 0 Å². The summed E-state index contributed by atoms with van der Waals surface area (Å²) in [5, 5.41) is 5.77. The molecule has 61 heavy (non-hydrogen) atoms. The number of benzene rings is 3. The summed E-state index contributed by atoms with van der Waals surface area (Å²) in [7, 11) is 0.895. The minimum absolute atomic E-state index is 0.0560. The number of hydrogen-bond acceptors (Lipinski definition) is 10. The summed E-state index contributed by atoms with van der Waals surface area (Å²) >= 11 is 0. The average molecular weight is 850 g/mol. The summed E-state index contributed by atoms with van der Waals surface area (Å²) in [4.78, 5) is 33.0. The lowest BCUT2D eigenvalue weighted by molar-refractivity contribution is 0.102. The summed E-state index contributed by atoms with van der Waals surface area (Å²) in [6.07, 6.45) is 8.16. The Labute approximate surface area is 354 Å². The van der Waals surface area contributed by atoms with E-state index in [-0.39, 0.29) is 11.3 Å². The number of aryl methyl sites for hydroxylation is 1. The Morgan fingerprint density at radius 3 is 2.33 bits per heavy atom. The third-order valence-electron chi connectivity index (χ3n) is 11.5. The Morgan fingerprint density at radius 1 is 0.902 bits per heavy atom. The molecule has 1 atom stereocenters. The Hall–Kier alpha value is -6.10. The van der Waals surface area contributed by atoms with Gasteiger partial charge in [0.1, 0.15) is 34.5 Å². The molecule has 3 aromatic carbocycles. The number of halogens is 2. The highest BCUT2D eigenvalue weighted by molar-refractivity contribution is 7.97. The summed E-state index contributed by atoms with van der Waals surface area (Å²) < 4.78 is 56.9. The Morgan fingerprint density at radius 2 is 1.64 bits per heavy atom. The number of anilines is 4. The number of ether oxygens (including phenoxy) is 2. The molecule has 2 fully saturated rings. The molecule has 6 aromatic rings. The number of piperidine rings is 1. The predicted molar refractivity (Wildman–Crippen MR) is 238 cm³/mol. The highest BCUT2D eigenvalue weighted by Crippen LogP contribution is 2.39. The molecule has 13 nitrogen and oxygen atoms in total. The number of nitrogens with zero attached hydrogens (tertiary/aromatic N) is 7. The highest BCUT2D eigenvalue weighted by atomic mass is 32.2. The van der Waals surface area contributed by atoms with Gasteiger partial charge in [-0.05, 0) is 85.3 Å². The molecule has 5 heterocycles. The van der Waals surface area contributed by atoms with Gasteiger partial charge in [-0.1, -0.05) is 19.1 Å². The first-order valence-electron chi connectivity index (χ1n) is 20.2. The van der Waals surface area contributed by atoms with Crippen molar-refractivity contribution in [1.29, 1.82) is 0 Å². The highest BCUT2D eigenvalue weighted by Gasteiger charge is 2.30. The van der Waals surface area contributed by atoms with E-state index >= 15 is 0 Å². The lowest BCUT2D eigenvalue weighted by atomic mass is 9.99. The van der Waals surface area contributed by atoms with Crippen molar-refractivity contribution >= 4 is 50.1 Å². The van der Waals surface area contributed by atoms with E-state index in [0.717, 1.165) is 82.0 Å². The summed E-state index contributed by atoms with van der Waals surface area (Å²) in [5.41, 5.74) is 5.40. The lowest BCUT2D eigenvalue weighted by Gasteiger charge is -2.43. The quantitative estimate of drug-likeness (QED) is 0.123. The van der Waals surface area contributed by atoms with Crippen LogP contribution in [0.1, 0.15) is 35.7 Å². The van der Waals surface area contributed by atoms with Crippen LogP contribution in [0.15, 0.2) is 85.2 Å². The van der Waals surface area contributed by atoms with Crippen LogP contribution >= 0.6 is 0 Å². The predicted octanol–water partition coefficient (Wildman–Crippen LogP) is 7.16. The van der Waals surface area contributed by atoms with Crippen molar-refractivity contribution in [3.63, 3.8) is 0 Å². The van der Waals surface area contributed by atoms with Crippen LogP contribution in [0.2, 0.25) is 0 Å². The van der Waals surface area contributed by atoms with Gasteiger partial charge in [0.25, 0.3) is 5.91 Å². The second-order valence-electron chi connectivity index (χ2n) is 15.3. The maximum atomic E-state index is 14.5. The number of fused-ring (bicyclic) bond motifs is 1. The number of hydrogen-bond donors (Lipinski definition) is 2. The second-order valence-corrected chi connectivity index (χ2v) is 17.7. The fourth-order valence-electron chi connectivity index (χ4n) is 8.33. The number of aromatic nitrogens is 4. The topological polar surface area (TPSA) is 129 Å². The van der Waals surface area contributed by atoms with Crippen molar-refractivity contribution < 1.29 is 27.3 Å². The first kappa shape index (κ1) is 41.6. The number of piperazine rings is 1. The average Bonchev–Trinajstić information content (AvgIpc) is 3.67. The normalized spacial score (nSPS) is 16.3. The molecule has 16 heteroatoms. The van der Waals surface area contributed by atoms with Crippen molar-refractivity contribution in [2.45, 2.75) is 32.2 Å². The van der Waals surface area contributed by atoms with Gasteiger partial charge in [-0.15, -0.1) is 0 Å². The van der Waals surface area contributed by atoms with Crippen molar-refractivity contribution in [1.82, 2.24) is 28.6 Å². The molecule has 2 aliphatic heterocycles. The molecule has 8 rings (SSSR count). The number of amides is 1. The molecule has 2 N–H and O–H groups in total. The smallest absolute Gasteiger partial charge is 0.259 e. The summed E-state index contributed by atoms with van der Waals surface area (Å²) in [6, 6.07) is 20.4. The van der Waals surface area contributed by atoms with Gasteiger partial charge < -0.3 is 25.0 Å². The molecule has 0 spiro atoms. The number of imidazole rings is 1. The van der Waals surface area contributed by atoms with E-state index in [1.807, 2.05) is 33.1 Å². The molecule has 0 saturated carbocycles. The van der Waals surface area contributed by atoms with Crippen LogP contribution in [0.3, 0.4) is 0 Å². The van der Waals surface area contributed by atoms with E-state index in [0.29, 0.717) is 46.0 Å². The first-order valence-corrected chi connectivity index (χ1v) is 22.3. The fraction of sp³-hybridized carbons (Fsp3) is 0.311. The maximum absolute atomic E-state index is 14.5. The number of rotatable bonds is 12. The van der Waals surface area contributed by atoms with Gasteiger partial charge in [0.2, 0.25) is 5.95 Å². The summed E-state index contributed by atoms with van der Waals surface area (Å²) in [6.45, 7) is 7.37. The van der Waals surface area contributed by atoms with E-state index in [1.165, 1.54) is 18.7 Å². The Balaban J connectivity index is 1.06. The second kappa shape index (κ2) is 17.5. The zero-order chi connectivity index (χ0) is 42.8. The van der Waals surface area contributed by atoms with Gasteiger partial charge in [0.05, 0.1) is 42.6 Å². The SMILES string of the molecule is C=S(C)(=O)N1CCN(C2CCN(c3cc(OC)c(Nc4nccc(-c5c(-c6ccc(OC)c(C(=O)Nc7c(F)cccc7F)c6)nc6ccccn56)n4)cc3CC)CC2)CC1. The van der Waals surface area contributed by atoms with E-state index in [4.69, 9.17) is 19.4 Å². The van der Waals surface area contributed by atoms with Crippen LogP contribution in [-0.4, -0.2) is 110 Å². The molecule has 2 saturated heterocycles. The van der Waals surface area contributed by atoms with Gasteiger partial charge >= 0.3 is 0 Å². The van der Waals surface area contributed by atoms with Gasteiger partial charge in [-0.3, -0.25) is 18.3 Å². The fourth-order valence-corrected chi connectivity index (χ4v) is 9.26. The maximum Gasteiger partial charge on any atom is 0.259 e. The molecule has 318 valence electrons. The monoisotopic (exact) mass is 849 g/mol. The number of carbonyl (C=O) groups is 1.